The second-order valence-electron chi connectivity index (χ2n) is 3.94. The molecule has 1 aromatic heterocycles. The van der Waals surface area contributed by atoms with Gasteiger partial charge in [-0.1, -0.05) is 0 Å². The zero-order chi connectivity index (χ0) is 11.7. The van der Waals surface area contributed by atoms with Crippen molar-refractivity contribution >= 4 is 16.8 Å². The summed E-state index contributed by atoms with van der Waals surface area (Å²) in [5.74, 6) is 0.702. The molecule has 0 fully saturated rings. The molecule has 16 heavy (non-hydrogen) atoms. The van der Waals surface area contributed by atoms with Crippen LogP contribution in [-0.2, 0) is 11.2 Å². The van der Waals surface area contributed by atoms with Crippen molar-refractivity contribution in [2.24, 2.45) is 0 Å². The number of nitrogen functional groups attached to an aromatic ring is 1. The molecular weight excluding hydrogens is 204 g/mol. The van der Waals surface area contributed by atoms with Crippen molar-refractivity contribution in [3.05, 3.63) is 23.1 Å². The van der Waals surface area contributed by atoms with Gasteiger partial charge in [-0.2, -0.15) is 0 Å². The number of methoxy groups -OCH3 is 1. The van der Waals surface area contributed by atoms with E-state index in [0.29, 0.717) is 18.9 Å². The first-order valence-corrected chi connectivity index (χ1v) is 5.27. The molecule has 0 unspecified atom stereocenters. The zero-order valence-corrected chi connectivity index (χ0v) is 9.83. The fourth-order valence-corrected chi connectivity index (χ4v) is 1.73. The Hall–Kier alpha value is -1.55. The maximum atomic E-state index is 5.89. The average molecular weight is 220 g/mol. The number of nitrogens with zero attached hydrogens (tertiary/aromatic N) is 1. The van der Waals surface area contributed by atoms with E-state index in [1.165, 1.54) is 0 Å². The summed E-state index contributed by atoms with van der Waals surface area (Å²) >= 11 is 0. The van der Waals surface area contributed by atoms with Crippen LogP contribution in [0.2, 0.25) is 0 Å². The number of ether oxygens (including phenoxy) is 1. The molecule has 4 nitrogen and oxygen atoms in total. The third-order valence-corrected chi connectivity index (χ3v) is 2.71. The van der Waals surface area contributed by atoms with Crippen LogP contribution in [0.25, 0.3) is 11.1 Å². The molecule has 1 aromatic carbocycles. The van der Waals surface area contributed by atoms with Crippen molar-refractivity contribution in [1.82, 2.24) is 4.98 Å². The number of rotatable bonds is 3. The van der Waals surface area contributed by atoms with Crippen LogP contribution in [0.5, 0.6) is 0 Å². The first kappa shape index (κ1) is 11.0. The van der Waals surface area contributed by atoms with Gasteiger partial charge in [0.1, 0.15) is 5.52 Å². The number of hydrogen-bond acceptors (Lipinski definition) is 4. The van der Waals surface area contributed by atoms with E-state index in [9.17, 15) is 0 Å². The molecule has 0 bridgehead atoms. The Balaban J connectivity index is 2.52. The second-order valence-corrected chi connectivity index (χ2v) is 3.94. The smallest absolute Gasteiger partial charge is 0.197 e. The molecule has 0 saturated heterocycles. The van der Waals surface area contributed by atoms with Gasteiger partial charge in [-0.15, -0.1) is 0 Å². The number of fused-ring (bicyclic) bond motifs is 1. The lowest BCUT2D eigenvalue weighted by Gasteiger charge is -2.01. The summed E-state index contributed by atoms with van der Waals surface area (Å²) in [6.07, 6.45) is 0.684. The molecular formula is C12H16N2O2. The van der Waals surface area contributed by atoms with Crippen molar-refractivity contribution in [3.8, 4) is 0 Å². The van der Waals surface area contributed by atoms with Crippen LogP contribution < -0.4 is 5.73 Å². The lowest BCUT2D eigenvalue weighted by atomic mass is 10.1. The van der Waals surface area contributed by atoms with Gasteiger partial charge in [0.15, 0.2) is 11.5 Å². The Kier molecular flexibility index (Phi) is 2.83. The summed E-state index contributed by atoms with van der Waals surface area (Å²) in [7, 11) is 1.66. The van der Waals surface area contributed by atoms with Crippen LogP contribution in [0, 0.1) is 13.8 Å². The fourth-order valence-electron chi connectivity index (χ4n) is 1.73. The Morgan fingerprint density at radius 3 is 2.88 bits per heavy atom. The highest BCUT2D eigenvalue weighted by Crippen LogP contribution is 2.27. The molecule has 1 heterocycles. The van der Waals surface area contributed by atoms with Gasteiger partial charge in [-0.3, -0.25) is 0 Å². The van der Waals surface area contributed by atoms with Gasteiger partial charge in [-0.05, 0) is 25.5 Å². The van der Waals surface area contributed by atoms with Crippen LogP contribution in [0.15, 0.2) is 10.5 Å². The summed E-state index contributed by atoms with van der Waals surface area (Å²) in [4.78, 5) is 4.44. The molecule has 0 aliphatic rings. The topological polar surface area (TPSA) is 61.3 Å². The minimum Gasteiger partial charge on any atom is -0.440 e. The van der Waals surface area contributed by atoms with E-state index in [1.54, 1.807) is 7.11 Å². The Bertz CT molecular complexity index is 517. The fraction of sp³-hybridized carbons (Fsp3) is 0.417. The maximum absolute atomic E-state index is 5.89. The first-order valence-electron chi connectivity index (χ1n) is 5.27. The van der Waals surface area contributed by atoms with Gasteiger partial charge in [0.25, 0.3) is 0 Å². The van der Waals surface area contributed by atoms with Crippen molar-refractivity contribution in [3.63, 3.8) is 0 Å². The Labute approximate surface area is 94.4 Å². The van der Waals surface area contributed by atoms with Crippen LogP contribution in [0.4, 0.5) is 5.69 Å². The molecule has 2 N–H and O–H groups in total. The van der Waals surface area contributed by atoms with Crippen LogP contribution in [0.3, 0.4) is 0 Å². The monoisotopic (exact) mass is 220 g/mol. The van der Waals surface area contributed by atoms with Crippen molar-refractivity contribution in [2.45, 2.75) is 20.3 Å². The lowest BCUT2D eigenvalue weighted by Crippen LogP contribution is -1.94. The summed E-state index contributed by atoms with van der Waals surface area (Å²) in [5, 5.41) is 0. The highest BCUT2D eigenvalue weighted by molar-refractivity contribution is 5.84. The van der Waals surface area contributed by atoms with E-state index < -0.39 is 0 Å². The second kappa shape index (κ2) is 4.14. The number of aromatic nitrogens is 1. The standard InChI is InChI=1S/C12H16N2O2/c1-7-6-9(13)8(2)11-12(7)16-10(14-11)4-5-15-3/h6H,4-5,13H2,1-3H3. The lowest BCUT2D eigenvalue weighted by molar-refractivity contribution is 0.196. The molecule has 0 atom stereocenters. The van der Waals surface area contributed by atoms with Crippen LogP contribution in [0.1, 0.15) is 17.0 Å². The van der Waals surface area contributed by atoms with Crippen LogP contribution in [-0.4, -0.2) is 18.7 Å². The number of nitrogens with two attached hydrogens (primary N) is 1. The first-order chi connectivity index (χ1) is 7.63. The third kappa shape index (κ3) is 1.76. The van der Waals surface area contributed by atoms with Gasteiger partial charge in [0.05, 0.1) is 6.61 Å². The number of aryl methyl sites for hydroxylation is 2. The van der Waals surface area contributed by atoms with Crippen molar-refractivity contribution in [2.75, 3.05) is 19.5 Å². The molecule has 0 aliphatic carbocycles. The summed E-state index contributed by atoms with van der Waals surface area (Å²) in [6.45, 7) is 4.55. The predicted molar refractivity (Wildman–Crippen MR) is 63.5 cm³/mol. The highest BCUT2D eigenvalue weighted by atomic mass is 16.5. The van der Waals surface area contributed by atoms with E-state index >= 15 is 0 Å². The maximum Gasteiger partial charge on any atom is 0.197 e. The van der Waals surface area contributed by atoms with E-state index in [0.717, 1.165) is 27.9 Å². The van der Waals surface area contributed by atoms with E-state index in [2.05, 4.69) is 4.98 Å². The Morgan fingerprint density at radius 2 is 2.19 bits per heavy atom. The van der Waals surface area contributed by atoms with Gasteiger partial charge in [0, 0.05) is 24.8 Å². The number of oxazole rings is 1. The third-order valence-electron chi connectivity index (χ3n) is 2.71. The molecule has 4 heteroatoms. The summed E-state index contributed by atoms with van der Waals surface area (Å²) < 4.78 is 10.7. The minimum atomic E-state index is 0.612. The molecule has 2 aromatic rings. The van der Waals surface area contributed by atoms with Crippen LogP contribution >= 0.6 is 0 Å². The molecule has 0 amide bonds. The number of benzene rings is 1. The molecule has 0 spiro atoms. The van der Waals surface area contributed by atoms with E-state index in [4.69, 9.17) is 14.9 Å². The van der Waals surface area contributed by atoms with Crippen molar-refractivity contribution < 1.29 is 9.15 Å². The SMILES string of the molecule is COCCc1nc2c(C)c(N)cc(C)c2o1. The average Bonchev–Trinajstić information content (AvgIpc) is 2.68. The van der Waals surface area contributed by atoms with E-state index in [-0.39, 0.29) is 0 Å². The Morgan fingerprint density at radius 1 is 1.44 bits per heavy atom. The van der Waals surface area contributed by atoms with Gasteiger partial charge in [0.2, 0.25) is 0 Å². The minimum absolute atomic E-state index is 0.612. The van der Waals surface area contributed by atoms with E-state index in [1.807, 2.05) is 19.9 Å². The van der Waals surface area contributed by atoms with Gasteiger partial charge in [-0.25, -0.2) is 4.98 Å². The van der Waals surface area contributed by atoms with Gasteiger partial charge < -0.3 is 14.9 Å². The largest absolute Gasteiger partial charge is 0.440 e. The predicted octanol–water partition coefficient (Wildman–Crippen LogP) is 2.22. The zero-order valence-electron chi connectivity index (χ0n) is 9.83. The summed E-state index contributed by atoms with van der Waals surface area (Å²) in [5.41, 5.74) is 10.3. The van der Waals surface area contributed by atoms with Crippen molar-refractivity contribution in [1.29, 1.82) is 0 Å². The molecule has 0 radical (unpaired) electrons. The molecule has 86 valence electrons. The number of anilines is 1. The number of hydrogen-bond donors (Lipinski definition) is 1. The summed E-state index contributed by atoms with van der Waals surface area (Å²) in [6, 6.07) is 1.92. The molecule has 0 aliphatic heterocycles. The highest BCUT2D eigenvalue weighted by Gasteiger charge is 2.12. The molecule has 0 saturated carbocycles. The van der Waals surface area contributed by atoms with Gasteiger partial charge >= 0.3 is 0 Å². The quantitative estimate of drug-likeness (QED) is 0.805. The normalized spacial score (nSPS) is 11.2. The molecule has 2 rings (SSSR count).